The van der Waals surface area contributed by atoms with Crippen LogP contribution in [0.3, 0.4) is 0 Å². The summed E-state index contributed by atoms with van der Waals surface area (Å²) in [6, 6.07) is 0.354. The van der Waals surface area contributed by atoms with Crippen molar-refractivity contribution in [1.29, 1.82) is 0 Å². The van der Waals surface area contributed by atoms with Crippen LogP contribution in [0.1, 0.15) is 36.8 Å². The van der Waals surface area contributed by atoms with Gasteiger partial charge in [-0.1, -0.05) is 13.3 Å². The molecule has 1 aliphatic rings. The van der Waals surface area contributed by atoms with E-state index in [-0.39, 0.29) is 5.91 Å². The Labute approximate surface area is 82.3 Å². The highest BCUT2D eigenvalue weighted by Crippen LogP contribution is 2.34. The van der Waals surface area contributed by atoms with Gasteiger partial charge in [0.2, 0.25) is 5.82 Å². The Morgan fingerprint density at radius 2 is 2.64 bits per heavy atom. The second-order valence-electron chi connectivity index (χ2n) is 3.70. The number of H-pyrrole nitrogens is 1. The molecule has 1 fully saturated rings. The molecule has 5 heteroatoms. The number of carbonyl (C=O) groups is 1. The first-order valence-corrected chi connectivity index (χ1v) is 4.97. The summed E-state index contributed by atoms with van der Waals surface area (Å²) in [5.41, 5.74) is 0. The molecule has 5 nitrogen and oxygen atoms in total. The van der Waals surface area contributed by atoms with Crippen molar-refractivity contribution in [3.05, 3.63) is 12.2 Å². The summed E-state index contributed by atoms with van der Waals surface area (Å²) in [4.78, 5) is 15.3. The highest BCUT2D eigenvalue weighted by Gasteiger charge is 2.37. The molecule has 1 saturated carbocycles. The second-order valence-corrected chi connectivity index (χ2v) is 3.70. The molecule has 0 spiro atoms. The minimum Gasteiger partial charge on any atom is -0.346 e. The number of carbonyl (C=O) groups excluding carboxylic acids is 1. The zero-order valence-electron chi connectivity index (χ0n) is 8.16. The van der Waals surface area contributed by atoms with Gasteiger partial charge in [0.1, 0.15) is 6.33 Å². The van der Waals surface area contributed by atoms with E-state index in [2.05, 4.69) is 27.4 Å². The summed E-state index contributed by atoms with van der Waals surface area (Å²) >= 11 is 0. The van der Waals surface area contributed by atoms with Gasteiger partial charge in [0.25, 0.3) is 5.91 Å². The molecule has 2 atom stereocenters. The molecule has 14 heavy (non-hydrogen) atoms. The maximum atomic E-state index is 11.5. The minimum atomic E-state index is -0.147. The molecular weight excluding hydrogens is 180 g/mol. The fourth-order valence-corrected chi connectivity index (χ4v) is 1.67. The third-order valence-corrected chi connectivity index (χ3v) is 2.53. The van der Waals surface area contributed by atoms with E-state index in [9.17, 15) is 4.79 Å². The van der Waals surface area contributed by atoms with Gasteiger partial charge >= 0.3 is 0 Å². The lowest BCUT2D eigenvalue weighted by molar-refractivity contribution is 0.0939. The van der Waals surface area contributed by atoms with Crippen LogP contribution in [-0.2, 0) is 0 Å². The molecule has 0 bridgehead atoms. The van der Waals surface area contributed by atoms with Crippen molar-refractivity contribution in [2.75, 3.05) is 0 Å². The molecule has 0 radical (unpaired) electrons. The van der Waals surface area contributed by atoms with Crippen molar-refractivity contribution in [2.45, 2.75) is 32.2 Å². The van der Waals surface area contributed by atoms with Gasteiger partial charge in [-0.05, 0) is 18.8 Å². The predicted molar refractivity (Wildman–Crippen MR) is 50.7 cm³/mol. The SMILES string of the molecule is CCCC1CC1NC(=O)c1ncn[nH]1. The highest BCUT2D eigenvalue weighted by atomic mass is 16.2. The quantitative estimate of drug-likeness (QED) is 0.742. The van der Waals surface area contributed by atoms with Crippen LogP contribution in [0.5, 0.6) is 0 Å². The molecule has 76 valence electrons. The molecule has 2 rings (SSSR count). The van der Waals surface area contributed by atoms with Crippen molar-refractivity contribution in [3.63, 3.8) is 0 Å². The second kappa shape index (κ2) is 3.77. The maximum absolute atomic E-state index is 11.5. The van der Waals surface area contributed by atoms with E-state index in [0.717, 1.165) is 6.42 Å². The molecular formula is C9H14N4O. The van der Waals surface area contributed by atoms with E-state index >= 15 is 0 Å². The number of aromatic nitrogens is 3. The topological polar surface area (TPSA) is 70.7 Å². The number of nitrogens with zero attached hydrogens (tertiary/aromatic N) is 2. The lowest BCUT2D eigenvalue weighted by atomic mass is 10.2. The predicted octanol–water partition coefficient (Wildman–Crippen LogP) is 0.723. The number of rotatable bonds is 4. The summed E-state index contributed by atoms with van der Waals surface area (Å²) in [7, 11) is 0. The zero-order valence-corrected chi connectivity index (χ0v) is 8.16. The van der Waals surface area contributed by atoms with E-state index in [1.807, 2.05) is 0 Å². The van der Waals surface area contributed by atoms with Gasteiger partial charge in [-0.2, -0.15) is 5.10 Å². The minimum absolute atomic E-state index is 0.147. The molecule has 0 aromatic carbocycles. The van der Waals surface area contributed by atoms with Gasteiger partial charge in [0.05, 0.1) is 0 Å². The molecule has 1 aliphatic carbocycles. The summed E-state index contributed by atoms with van der Waals surface area (Å²) in [5.74, 6) is 0.824. The van der Waals surface area contributed by atoms with Crippen LogP contribution in [0.15, 0.2) is 6.33 Å². The lowest BCUT2D eigenvalue weighted by Crippen LogP contribution is -2.27. The van der Waals surface area contributed by atoms with E-state index in [1.54, 1.807) is 0 Å². The number of hydrogen-bond acceptors (Lipinski definition) is 3. The van der Waals surface area contributed by atoms with Gasteiger partial charge in [-0.3, -0.25) is 9.89 Å². The Kier molecular flexibility index (Phi) is 2.47. The van der Waals surface area contributed by atoms with E-state index in [1.165, 1.54) is 19.2 Å². The first-order valence-electron chi connectivity index (χ1n) is 4.97. The van der Waals surface area contributed by atoms with Crippen LogP contribution in [0, 0.1) is 5.92 Å². The van der Waals surface area contributed by atoms with Gasteiger partial charge in [0, 0.05) is 6.04 Å². The Morgan fingerprint density at radius 1 is 1.79 bits per heavy atom. The van der Waals surface area contributed by atoms with Crippen molar-refractivity contribution < 1.29 is 4.79 Å². The summed E-state index contributed by atoms with van der Waals surface area (Å²) < 4.78 is 0. The standard InChI is InChI=1S/C9H14N4O/c1-2-3-6-4-7(6)12-9(14)8-10-5-11-13-8/h5-7H,2-4H2,1H3,(H,12,14)(H,10,11,13). The zero-order chi connectivity index (χ0) is 9.97. The van der Waals surface area contributed by atoms with Crippen LogP contribution in [-0.4, -0.2) is 27.1 Å². The van der Waals surface area contributed by atoms with Crippen molar-refractivity contribution in [2.24, 2.45) is 5.92 Å². The van der Waals surface area contributed by atoms with Crippen LogP contribution in [0.2, 0.25) is 0 Å². The van der Waals surface area contributed by atoms with Gasteiger partial charge in [-0.15, -0.1) is 0 Å². The number of amides is 1. The van der Waals surface area contributed by atoms with Crippen molar-refractivity contribution >= 4 is 5.91 Å². The fourth-order valence-electron chi connectivity index (χ4n) is 1.67. The van der Waals surface area contributed by atoms with Gasteiger partial charge in [-0.25, -0.2) is 4.98 Å². The van der Waals surface area contributed by atoms with E-state index < -0.39 is 0 Å². The number of nitrogens with one attached hydrogen (secondary N) is 2. The van der Waals surface area contributed by atoms with Gasteiger partial charge in [0.15, 0.2) is 0 Å². The molecule has 2 unspecified atom stereocenters. The van der Waals surface area contributed by atoms with E-state index in [4.69, 9.17) is 0 Å². The Bertz CT molecular complexity index is 309. The summed E-state index contributed by atoms with van der Waals surface area (Å²) in [5, 5.41) is 9.09. The van der Waals surface area contributed by atoms with Crippen LogP contribution >= 0.6 is 0 Å². The molecule has 0 saturated heterocycles. The van der Waals surface area contributed by atoms with Crippen LogP contribution in [0.4, 0.5) is 0 Å². The average molecular weight is 194 g/mol. The number of aromatic amines is 1. The molecule has 1 amide bonds. The number of hydrogen-bond donors (Lipinski definition) is 2. The van der Waals surface area contributed by atoms with Crippen molar-refractivity contribution in [3.8, 4) is 0 Å². The molecule has 1 heterocycles. The third kappa shape index (κ3) is 1.92. The third-order valence-electron chi connectivity index (χ3n) is 2.53. The van der Waals surface area contributed by atoms with Crippen molar-refractivity contribution in [1.82, 2.24) is 20.5 Å². The highest BCUT2D eigenvalue weighted by molar-refractivity contribution is 5.90. The lowest BCUT2D eigenvalue weighted by Gasteiger charge is -2.00. The van der Waals surface area contributed by atoms with Crippen LogP contribution in [0.25, 0.3) is 0 Å². The Hall–Kier alpha value is -1.39. The Morgan fingerprint density at radius 3 is 3.29 bits per heavy atom. The Balaban J connectivity index is 1.80. The molecule has 2 N–H and O–H groups in total. The first-order chi connectivity index (χ1) is 6.81. The summed E-state index contributed by atoms with van der Waals surface area (Å²) in [6.07, 6.45) is 4.82. The first kappa shape index (κ1) is 9.18. The fraction of sp³-hybridized carbons (Fsp3) is 0.667. The monoisotopic (exact) mass is 194 g/mol. The van der Waals surface area contributed by atoms with E-state index in [0.29, 0.717) is 17.8 Å². The average Bonchev–Trinajstić information content (AvgIpc) is 2.71. The summed E-state index contributed by atoms with van der Waals surface area (Å²) in [6.45, 7) is 2.16. The largest absolute Gasteiger partial charge is 0.346 e. The molecule has 0 aliphatic heterocycles. The molecule has 1 aromatic heterocycles. The van der Waals surface area contributed by atoms with Crippen LogP contribution < -0.4 is 5.32 Å². The maximum Gasteiger partial charge on any atom is 0.288 e. The van der Waals surface area contributed by atoms with Gasteiger partial charge < -0.3 is 5.32 Å². The molecule has 1 aromatic rings. The normalized spacial score (nSPS) is 24.6. The smallest absolute Gasteiger partial charge is 0.288 e.